The molecule has 0 bridgehead atoms. The van der Waals surface area contributed by atoms with Crippen LogP contribution in [-0.4, -0.2) is 27.6 Å². The molecule has 1 fully saturated rings. The third kappa shape index (κ3) is 5.03. The van der Waals surface area contributed by atoms with E-state index in [0.29, 0.717) is 24.9 Å². The summed E-state index contributed by atoms with van der Waals surface area (Å²) in [6.45, 7) is 0.453. The molecule has 6 rings (SSSR count). The number of urea groups is 1. The largest absolute Gasteiger partial charge is 0.384 e. The van der Waals surface area contributed by atoms with Gasteiger partial charge in [-0.25, -0.2) is 4.79 Å². The first kappa shape index (κ1) is 27.0. The predicted octanol–water partition coefficient (Wildman–Crippen LogP) is 6.62. The Bertz CT molecular complexity index is 1760. The number of amidine groups is 1. The van der Waals surface area contributed by atoms with Crippen LogP contribution in [0.5, 0.6) is 0 Å². The molecule has 1 saturated heterocycles. The van der Waals surface area contributed by atoms with Gasteiger partial charge in [0.15, 0.2) is 0 Å². The van der Waals surface area contributed by atoms with Gasteiger partial charge in [0.25, 0.3) is 5.91 Å². The van der Waals surface area contributed by atoms with Gasteiger partial charge in [0.05, 0.1) is 6.54 Å². The zero-order chi connectivity index (χ0) is 29.1. The summed E-state index contributed by atoms with van der Waals surface area (Å²) in [5.74, 6) is -0.224. The number of imide groups is 1. The summed E-state index contributed by atoms with van der Waals surface area (Å²) in [4.78, 5) is 32.2. The fourth-order valence-electron chi connectivity index (χ4n) is 5.94. The second-order valence-corrected chi connectivity index (χ2v) is 10.8. The van der Waals surface area contributed by atoms with Crippen molar-refractivity contribution < 1.29 is 9.59 Å². The number of nitrogens with zero attached hydrogens (tertiary/aromatic N) is 2. The Kier molecular flexibility index (Phi) is 7.28. The summed E-state index contributed by atoms with van der Waals surface area (Å²) in [7, 11) is 0. The molecule has 1 aliphatic heterocycles. The van der Waals surface area contributed by atoms with Crippen molar-refractivity contribution in [3.8, 4) is 0 Å². The zero-order valence-electron chi connectivity index (χ0n) is 23.2. The minimum atomic E-state index is -1.16. The van der Waals surface area contributed by atoms with E-state index < -0.39 is 5.54 Å². The lowest BCUT2D eigenvalue weighted by Gasteiger charge is -2.36. The van der Waals surface area contributed by atoms with Gasteiger partial charge in [-0.15, -0.1) is 0 Å². The number of nitrogens with one attached hydrogen (secondary N) is 1. The normalized spacial score (nSPS) is 16.8. The lowest BCUT2D eigenvalue weighted by Crippen LogP contribution is -2.47. The summed E-state index contributed by atoms with van der Waals surface area (Å²) in [5, 5.41) is 9.71. The van der Waals surface area contributed by atoms with Crippen molar-refractivity contribution in [1.29, 1.82) is 5.41 Å². The molecule has 5 aromatic carbocycles. The van der Waals surface area contributed by atoms with Gasteiger partial charge in [-0.1, -0.05) is 115 Å². The van der Waals surface area contributed by atoms with E-state index in [1.807, 2.05) is 115 Å². The van der Waals surface area contributed by atoms with E-state index in [9.17, 15) is 9.59 Å². The number of rotatable bonds is 9. The monoisotopic (exact) mass is 552 g/mol. The highest BCUT2D eigenvalue weighted by Gasteiger charge is 2.57. The molecule has 0 spiro atoms. The van der Waals surface area contributed by atoms with E-state index in [4.69, 9.17) is 11.1 Å². The summed E-state index contributed by atoms with van der Waals surface area (Å²) in [6, 6.07) is 40.8. The number of nitrogen functional groups attached to an aromatic ring is 1. The van der Waals surface area contributed by atoms with Crippen LogP contribution in [-0.2, 0) is 29.8 Å². The molecule has 0 aromatic heterocycles. The Balaban J connectivity index is 1.43. The maximum absolute atomic E-state index is 14.7. The fraction of sp³-hybridized carbons (Fsp3) is 0.139. The molecule has 1 unspecified atom stereocenters. The van der Waals surface area contributed by atoms with E-state index in [-0.39, 0.29) is 24.3 Å². The first-order valence-corrected chi connectivity index (χ1v) is 14.1. The fourth-order valence-corrected chi connectivity index (χ4v) is 5.94. The van der Waals surface area contributed by atoms with Crippen LogP contribution in [0.3, 0.4) is 0 Å². The minimum absolute atomic E-state index is 0.00480. The summed E-state index contributed by atoms with van der Waals surface area (Å²) in [5.41, 5.74) is 8.90. The number of amides is 3. The van der Waals surface area contributed by atoms with Crippen molar-refractivity contribution in [2.24, 2.45) is 5.73 Å². The van der Waals surface area contributed by atoms with Crippen molar-refractivity contribution in [3.63, 3.8) is 0 Å². The first-order chi connectivity index (χ1) is 20.5. The number of aryl methyl sites for hydroxylation is 1. The van der Waals surface area contributed by atoms with E-state index in [2.05, 4.69) is 12.1 Å². The van der Waals surface area contributed by atoms with E-state index in [1.165, 1.54) is 4.90 Å². The van der Waals surface area contributed by atoms with Gasteiger partial charge in [0.2, 0.25) is 0 Å². The number of benzene rings is 5. The standard InChI is InChI=1S/C36H32N4O2/c37-33(38)30-19-18-29-17-16-28(22-31(29)23-30)24-39-34(41)36(32-14-8-3-9-15-32,21-20-26-10-4-1-5-11-26)40(35(39)42)25-27-12-6-2-7-13-27/h1-19,22-23H,20-21,24-25H2,(H3,37,38). The molecule has 3 N–H and O–H groups in total. The van der Waals surface area contributed by atoms with E-state index in [1.54, 1.807) is 4.90 Å². The molecule has 0 saturated carbocycles. The van der Waals surface area contributed by atoms with Gasteiger partial charge in [-0.3, -0.25) is 15.1 Å². The van der Waals surface area contributed by atoms with Gasteiger partial charge in [0.1, 0.15) is 11.4 Å². The Hall–Kier alpha value is -5.23. The molecule has 1 atom stereocenters. The SMILES string of the molecule is N=C(N)c1ccc2ccc(CN3C(=O)N(Cc4ccccc4)C(CCc4ccccc4)(c4ccccc4)C3=O)cc2c1. The third-order valence-electron chi connectivity index (χ3n) is 8.13. The van der Waals surface area contributed by atoms with Crippen LogP contribution in [0.15, 0.2) is 127 Å². The predicted molar refractivity (Wildman–Crippen MR) is 166 cm³/mol. The van der Waals surface area contributed by atoms with Crippen LogP contribution >= 0.6 is 0 Å². The first-order valence-electron chi connectivity index (χ1n) is 14.1. The molecular formula is C36H32N4O2. The van der Waals surface area contributed by atoms with Crippen molar-refractivity contribution in [1.82, 2.24) is 9.80 Å². The van der Waals surface area contributed by atoms with Gasteiger partial charge < -0.3 is 10.6 Å². The highest BCUT2D eigenvalue weighted by atomic mass is 16.2. The third-order valence-corrected chi connectivity index (χ3v) is 8.13. The van der Waals surface area contributed by atoms with Gasteiger partial charge in [-0.2, -0.15) is 0 Å². The number of carbonyl (C=O) groups is 2. The molecule has 1 heterocycles. The lowest BCUT2D eigenvalue weighted by atomic mass is 9.82. The number of nitrogens with two attached hydrogens (primary N) is 1. The quantitative estimate of drug-likeness (QED) is 0.122. The molecule has 0 radical (unpaired) electrons. The maximum Gasteiger partial charge on any atom is 0.328 e. The van der Waals surface area contributed by atoms with Crippen molar-refractivity contribution in [3.05, 3.63) is 155 Å². The van der Waals surface area contributed by atoms with Crippen molar-refractivity contribution >= 4 is 28.5 Å². The van der Waals surface area contributed by atoms with Crippen LogP contribution in [0, 0.1) is 5.41 Å². The second-order valence-electron chi connectivity index (χ2n) is 10.8. The van der Waals surface area contributed by atoms with Crippen LogP contribution < -0.4 is 5.73 Å². The molecule has 0 aliphatic carbocycles. The number of carbonyl (C=O) groups excluding carboxylic acids is 2. The number of fused-ring (bicyclic) bond motifs is 1. The van der Waals surface area contributed by atoms with Crippen molar-refractivity contribution in [2.75, 3.05) is 0 Å². The Morgan fingerprint density at radius 3 is 1.95 bits per heavy atom. The molecule has 208 valence electrons. The molecule has 3 amide bonds. The smallest absolute Gasteiger partial charge is 0.328 e. The van der Waals surface area contributed by atoms with E-state index >= 15 is 0 Å². The molecular weight excluding hydrogens is 520 g/mol. The van der Waals surface area contributed by atoms with Crippen LogP contribution in [0.4, 0.5) is 4.79 Å². The maximum atomic E-state index is 14.7. The Morgan fingerprint density at radius 1 is 0.667 bits per heavy atom. The number of hydrogen-bond donors (Lipinski definition) is 2. The summed E-state index contributed by atoms with van der Waals surface area (Å²) >= 11 is 0. The van der Waals surface area contributed by atoms with Crippen LogP contribution in [0.25, 0.3) is 10.8 Å². The highest BCUT2D eigenvalue weighted by molar-refractivity contribution is 6.07. The molecule has 6 nitrogen and oxygen atoms in total. The topological polar surface area (TPSA) is 90.5 Å². The molecule has 6 heteroatoms. The van der Waals surface area contributed by atoms with Gasteiger partial charge >= 0.3 is 6.03 Å². The minimum Gasteiger partial charge on any atom is -0.384 e. The second kappa shape index (κ2) is 11.3. The van der Waals surface area contributed by atoms with Gasteiger partial charge in [-0.05, 0) is 58.0 Å². The number of hydrogen-bond acceptors (Lipinski definition) is 3. The highest BCUT2D eigenvalue weighted by Crippen LogP contribution is 2.43. The molecule has 42 heavy (non-hydrogen) atoms. The zero-order valence-corrected chi connectivity index (χ0v) is 23.2. The summed E-state index contributed by atoms with van der Waals surface area (Å²) < 4.78 is 0. The van der Waals surface area contributed by atoms with E-state index in [0.717, 1.165) is 33.0 Å². The lowest BCUT2D eigenvalue weighted by molar-refractivity contribution is -0.134. The molecule has 5 aromatic rings. The Morgan fingerprint density at radius 2 is 1.29 bits per heavy atom. The van der Waals surface area contributed by atoms with Crippen LogP contribution in [0.1, 0.15) is 34.2 Å². The average molecular weight is 553 g/mol. The van der Waals surface area contributed by atoms with Crippen LogP contribution in [0.2, 0.25) is 0 Å². The molecule has 1 aliphatic rings. The van der Waals surface area contributed by atoms with Gasteiger partial charge in [0, 0.05) is 12.1 Å². The van der Waals surface area contributed by atoms with Crippen molar-refractivity contribution in [2.45, 2.75) is 31.5 Å². The average Bonchev–Trinajstić information content (AvgIpc) is 3.22. The summed E-state index contributed by atoms with van der Waals surface area (Å²) in [6.07, 6.45) is 1.09. The Labute approximate surface area is 245 Å².